The van der Waals surface area contributed by atoms with Crippen molar-refractivity contribution in [1.29, 1.82) is 0 Å². The van der Waals surface area contributed by atoms with Crippen molar-refractivity contribution in [3.8, 4) is 0 Å². The molecule has 2 N–H and O–H groups in total. The second-order valence-electron chi connectivity index (χ2n) is 4.11. The predicted octanol–water partition coefficient (Wildman–Crippen LogP) is 1.79. The van der Waals surface area contributed by atoms with Crippen molar-refractivity contribution in [2.45, 2.75) is 24.9 Å². The van der Waals surface area contributed by atoms with Crippen molar-refractivity contribution in [3.05, 3.63) is 46.9 Å². The van der Waals surface area contributed by atoms with Crippen LogP contribution in [0.3, 0.4) is 0 Å². The predicted molar refractivity (Wildman–Crippen MR) is 73.5 cm³/mol. The SMILES string of the molecule is CCc1nc(S(N)(=O)=O)cn1Cc1ccccc1Cl. The monoisotopic (exact) mass is 299 g/mol. The molecule has 0 radical (unpaired) electrons. The van der Waals surface area contributed by atoms with E-state index in [0.717, 1.165) is 5.56 Å². The lowest BCUT2D eigenvalue weighted by Gasteiger charge is -2.07. The molecule has 7 heteroatoms. The van der Waals surface area contributed by atoms with E-state index in [4.69, 9.17) is 16.7 Å². The largest absolute Gasteiger partial charge is 0.329 e. The first-order chi connectivity index (χ1) is 8.91. The Balaban J connectivity index is 2.40. The highest BCUT2D eigenvalue weighted by Crippen LogP contribution is 2.18. The first-order valence-corrected chi connectivity index (χ1v) is 7.66. The van der Waals surface area contributed by atoms with Gasteiger partial charge in [-0.3, -0.25) is 0 Å². The molecule has 0 unspecified atom stereocenters. The van der Waals surface area contributed by atoms with E-state index in [9.17, 15) is 8.42 Å². The highest BCUT2D eigenvalue weighted by Gasteiger charge is 2.16. The van der Waals surface area contributed by atoms with Gasteiger partial charge in [-0.15, -0.1) is 0 Å². The van der Waals surface area contributed by atoms with E-state index in [1.165, 1.54) is 6.20 Å². The number of hydrogen-bond donors (Lipinski definition) is 1. The van der Waals surface area contributed by atoms with Crippen molar-refractivity contribution in [2.24, 2.45) is 5.14 Å². The van der Waals surface area contributed by atoms with Crippen molar-refractivity contribution in [3.63, 3.8) is 0 Å². The van der Waals surface area contributed by atoms with Gasteiger partial charge in [0, 0.05) is 17.6 Å². The number of rotatable bonds is 4. The van der Waals surface area contributed by atoms with Crippen LogP contribution in [0.15, 0.2) is 35.5 Å². The minimum Gasteiger partial charge on any atom is -0.329 e. The van der Waals surface area contributed by atoms with Gasteiger partial charge in [0.25, 0.3) is 10.0 Å². The summed E-state index contributed by atoms with van der Waals surface area (Å²) in [6, 6.07) is 7.40. The molecule has 0 amide bonds. The summed E-state index contributed by atoms with van der Waals surface area (Å²) in [5, 5.41) is 5.61. The highest BCUT2D eigenvalue weighted by atomic mass is 35.5. The van der Waals surface area contributed by atoms with E-state index in [-0.39, 0.29) is 5.03 Å². The number of benzene rings is 1. The van der Waals surface area contributed by atoms with Crippen LogP contribution in [0, 0.1) is 0 Å². The van der Waals surface area contributed by atoms with E-state index in [1.807, 2.05) is 25.1 Å². The summed E-state index contributed by atoms with van der Waals surface area (Å²) in [5.41, 5.74) is 0.900. The van der Waals surface area contributed by atoms with Crippen LogP contribution >= 0.6 is 11.6 Å². The zero-order chi connectivity index (χ0) is 14.0. The Morgan fingerprint density at radius 1 is 1.37 bits per heavy atom. The van der Waals surface area contributed by atoms with Crippen LogP contribution in [-0.4, -0.2) is 18.0 Å². The van der Waals surface area contributed by atoms with Crippen LogP contribution < -0.4 is 5.14 Å². The molecule has 0 spiro atoms. The molecule has 1 heterocycles. The fourth-order valence-electron chi connectivity index (χ4n) is 1.79. The summed E-state index contributed by atoms with van der Waals surface area (Å²) < 4.78 is 24.4. The summed E-state index contributed by atoms with van der Waals surface area (Å²) >= 11 is 6.09. The Labute approximate surface area is 117 Å². The van der Waals surface area contributed by atoms with Crippen molar-refractivity contribution >= 4 is 21.6 Å². The minimum absolute atomic E-state index is 0.114. The lowest BCUT2D eigenvalue weighted by atomic mass is 10.2. The molecule has 102 valence electrons. The maximum absolute atomic E-state index is 11.3. The Morgan fingerprint density at radius 3 is 2.63 bits per heavy atom. The third-order valence-corrected chi connectivity index (χ3v) is 3.89. The maximum Gasteiger partial charge on any atom is 0.257 e. The van der Waals surface area contributed by atoms with E-state index in [2.05, 4.69) is 4.98 Å². The van der Waals surface area contributed by atoms with Crippen molar-refractivity contribution in [1.82, 2.24) is 9.55 Å². The molecular formula is C12H14ClN3O2S. The number of aryl methyl sites for hydroxylation is 1. The highest BCUT2D eigenvalue weighted by molar-refractivity contribution is 7.89. The topological polar surface area (TPSA) is 78.0 Å². The Morgan fingerprint density at radius 2 is 2.05 bits per heavy atom. The van der Waals surface area contributed by atoms with Gasteiger partial charge in [-0.1, -0.05) is 36.7 Å². The Bertz CT molecular complexity index is 695. The van der Waals surface area contributed by atoms with Gasteiger partial charge in [-0.25, -0.2) is 18.5 Å². The van der Waals surface area contributed by atoms with E-state index >= 15 is 0 Å². The zero-order valence-corrected chi connectivity index (χ0v) is 11.9. The van der Waals surface area contributed by atoms with Gasteiger partial charge >= 0.3 is 0 Å². The first-order valence-electron chi connectivity index (χ1n) is 5.74. The molecule has 5 nitrogen and oxygen atoms in total. The van der Waals surface area contributed by atoms with Gasteiger partial charge in [-0.2, -0.15) is 0 Å². The summed E-state index contributed by atoms with van der Waals surface area (Å²) in [6.45, 7) is 2.36. The van der Waals surface area contributed by atoms with E-state index in [0.29, 0.717) is 23.8 Å². The van der Waals surface area contributed by atoms with Gasteiger partial charge in [0.05, 0.1) is 6.54 Å². The standard InChI is InChI=1S/C12H14ClN3O2S/c1-2-11-15-12(19(14,17)18)8-16(11)7-9-5-3-4-6-10(9)13/h3-6,8H,2,7H2,1H3,(H2,14,17,18). The maximum atomic E-state index is 11.3. The van der Waals surface area contributed by atoms with Crippen LogP contribution in [0.2, 0.25) is 5.02 Å². The van der Waals surface area contributed by atoms with Crippen LogP contribution in [0.1, 0.15) is 18.3 Å². The fourth-order valence-corrected chi connectivity index (χ4v) is 2.50. The molecule has 1 aromatic carbocycles. The average Bonchev–Trinajstić information content (AvgIpc) is 2.75. The number of sulfonamides is 1. The summed E-state index contributed by atoms with van der Waals surface area (Å²) in [5.74, 6) is 0.656. The van der Waals surface area contributed by atoms with Gasteiger partial charge in [-0.05, 0) is 11.6 Å². The van der Waals surface area contributed by atoms with E-state index < -0.39 is 10.0 Å². The third kappa shape index (κ3) is 3.15. The summed E-state index contributed by atoms with van der Waals surface area (Å²) in [6.07, 6.45) is 2.05. The number of nitrogens with zero attached hydrogens (tertiary/aromatic N) is 2. The Hall–Kier alpha value is -1.37. The molecule has 0 atom stereocenters. The van der Waals surface area contributed by atoms with Gasteiger partial charge in [0.1, 0.15) is 5.82 Å². The van der Waals surface area contributed by atoms with Crippen LogP contribution in [0.5, 0.6) is 0 Å². The van der Waals surface area contributed by atoms with Crippen LogP contribution in [-0.2, 0) is 23.0 Å². The summed E-state index contributed by atoms with van der Waals surface area (Å²) in [4.78, 5) is 4.03. The molecule has 0 fully saturated rings. The molecule has 19 heavy (non-hydrogen) atoms. The van der Waals surface area contributed by atoms with Crippen molar-refractivity contribution < 1.29 is 8.42 Å². The number of aromatic nitrogens is 2. The zero-order valence-electron chi connectivity index (χ0n) is 10.4. The molecule has 0 aliphatic carbocycles. The fraction of sp³-hybridized carbons (Fsp3) is 0.250. The lowest BCUT2D eigenvalue weighted by molar-refractivity contribution is 0.594. The number of imidazole rings is 1. The number of halogens is 1. The molecular weight excluding hydrogens is 286 g/mol. The Kier molecular flexibility index (Phi) is 3.93. The second kappa shape index (κ2) is 5.32. The molecule has 0 saturated heterocycles. The third-order valence-electron chi connectivity index (χ3n) is 2.74. The molecule has 0 aliphatic rings. The minimum atomic E-state index is -3.78. The van der Waals surface area contributed by atoms with Crippen LogP contribution in [0.4, 0.5) is 0 Å². The number of primary sulfonamides is 1. The van der Waals surface area contributed by atoms with Gasteiger partial charge < -0.3 is 4.57 Å². The normalized spacial score (nSPS) is 11.7. The molecule has 0 bridgehead atoms. The summed E-state index contributed by atoms with van der Waals surface area (Å²) in [7, 11) is -3.78. The van der Waals surface area contributed by atoms with Gasteiger partial charge in [0.2, 0.25) is 0 Å². The molecule has 0 saturated carbocycles. The van der Waals surface area contributed by atoms with Crippen LogP contribution in [0.25, 0.3) is 0 Å². The molecule has 1 aromatic heterocycles. The second-order valence-corrected chi connectivity index (χ2v) is 6.03. The lowest BCUT2D eigenvalue weighted by Crippen LogP contribution is -2.12. The quantitative estimate of drug-likeness (QED) is 0.935. The molecule has 0 aliphatic heterocycles. The number of nitrogens with two attached hydrogens (primary N) is 1. The van der Waals surface area contributed by atoms with E-state index in [1.54, 1.807) is 10.6 Å². The number of hydrogen-bond acceptors (Lipinski definition) is 3. The molecule has 2 rings (SSSR count). The van der Waals surface area contributed by atoms with Crippen molar-refractivity contribution in [2.75, 3.05) is 0 Å². The average molecular weight is 300 g/mol. The first kappa shape index (κ1) is 14.0. The molecule has 2 aromatic rings. The van der Waals surface area contributed by atoms with Gasteiger partial charge in [0.15, 0.2) is 5.03 Å². The smallest absolute Gasteiger partial charge is 0.257 e.